The van der Waals surface area contributed by atoms with Gasteiger partial charge in [-0.1, -0.05) is 23.2 Å². The summed E-state index contributed by atoms with van der Waals surface area (Å²) in [6.07, 6.45) is 4.82. The smallest absolute Gasteiger partial charge is 0.121 e. The molecule has 1 atom stereocenters. The maximum Gasteiger partial charge on any atom is 0.121 e. The van der Waals surface area contributed by atoms with E-state index in [1.165, 1.54) is 25.7 Å². The molecule has 132 valence electrons. The molecule has 2 aromatic carbocycles. The number of fused-ring (bicyclic) bond motifs is 3. The lowest BCUT2D eigenvalue weighted by Crippen LogP contribution is -2.91. The van der Waals surface area contributed by atoms with Gasteiger partial charge in [0.15, 0.2) is 0 Å². The molecule has 0 bridgehead atoms. The van der Waals surface area contributed by atoms with Crippen LogP contribution in [0.3, 0.4) is 0 Å². The van der Waals surface area contributed by atoms with Gasteiger partial charge in [-0.25, -0.2) is 0 Å². The summed E-state index contributed by atoms with van der Waals surface area (Å²) < 4.78 is 2.18. The molecule has 3 nitrogen and oxygen atoms in total. The predicted molar refractivity (Wildman–Crippen MR) is 105 cm³/mol. The van der Waals surface area contributed by atoms with Crippen LogP contribution in [0, 0.1) is 0 Å². The Kier molecular flexibility index (Phi) is 4.92. The number of benzene rings is 2. The first-order chi connectivity index (χ1) is 12.1. The Balaban J connectivity index is 1.65. The minimum atomic E-state index is -0.384. The number of quaternary nitrogens is 1. The Morgan fingerprint density at radius 2 is 1.56 bits per heavy atom. The molecule has 1 aliphatic rings. The van der Waals surface area contributed by atoms with Gasteiger partial charge >= 0.3 is 0 Å². The van der Waals surface area contributed by atoms with E-state index in [4.69, 9.17) is 23.2 Å². The van der Waals surface area contributed by atoms with Crippen molar-refractivity contribution in [3.8, 4) is 0 Å². The van der Waals surface area contributed by atoms with Gasteiger partial charge in [0, 0.05) is 31.9 Å². The van der Waals surface area contributed by atoms with Crippen LogP contribution in [-0.4, -0.2) is 28.4 Å². The summed E-state index contributed by atoms with van der Waals surface area (Å²) in [6.45, 7) is 1.32. The van der Waals surface area contributed by atoms with E-state index in [-0.39, 0.29) is 6.10 Å². The van der Waals surface area contributed by atoms with E-state index in [0.717, 1.165) is 28.4 Å². The topological polar surface area (TPSA) is 41.8 Å². The van der Waals surface area contributed by atoms with Crippen molar-refractivity contribution in [2.24, 2.45) is 0 Å². The molecule has 1 fully saturated rings. The SMILES string of the molecule is O[C@H](C[NH2+]C1CCCC1)Cn1c2ccc(Cl)cc2c2cc(Cl)ccc21. The average Bonchev–Trinajstić information content (AvgIpc) is 3.20. The summed E-state index contributed by atoms with van der Waals surface area (Å²) in [5.74, 6) is 0. The van der Waals surface area contributed by atoms with Crippen molar-refractivity contribution < 1.29 is 10.4 Å². The first-order valence-corrected chi connectivity index (χ1v) is 9.76. The highest BCUT2D eigenvalue weighted by Gasteiger charge is 2.20. The second kappa shape index (κ2) is 7.16. The Morgan fingerprint density at radius 3 is 2.12 bits per heavy atom. The normalized spacial score (nSPS) is 16.9. The molecule has 0 radical (unpaired) electrons. The number of hydrogen-bond acceptors (Lipinski definition) is 1. The Bertz CT molecular complexity index is 840. The monoisotopic (exact) mass is 377 g/mol. The molecule has 3 N–H and O–H groups in total. The van der Waals surface area contributed by atoms with E-state index in [2.05, 4.69) is 9.88 Å². The largest absolute Gasteiger partial charge is 0.385 e. The van der Waals surface area contributed by atoms with Gasteiger partial charge in [0.05, 0.1) is 12.6 Å². The first-order valence-electron chi connectivity index (χ1n) is 9.00. The van der Waals surface area contributed by atoms with Crippen LogP contribution >= 0.6 is 23.2 Å². The number of hydrogen-bond donors (Lipinski definition) is 2. The molecule has 1 heterocycles. The van der Waals surface area contributed by atoms with Gasteiger partial charge in [-0.3, -0.25) is 0 Å². The molecule has 4 rings (SSSR count). The van der Waals surface area contributed by atoms with E-state index < -0.39 is 0 Å². The van der Waals surface area contributed by atoms with Crippen molar-refractivity contribution in [1.29, 1.82) is 0 Å². The molecule has 1 aromatic heterocycles. The quantitative estimate of drug-likeness (QED) is 0.693. The Labute approximate surface area is 157 Å². The van der Waals surface area contributed by atoms with Crippen molar-refractivity contribution in [2.75, 3.05) is 6.54 Å². The van der Waals surface area contributed by atoms with Crippen LogP contribution in [0.4, 0.5) is 0 Å². The summed E-state index contributed by atoms with van der Waals surface area (Å²) in [5.41, 5.74) is 2.17. The van der Waals surface area contributed by atoms with Crippen molar-refractivity contribution in [3.05, 3.63) is 46.4 Å². The van der Waals surface area contributed by atoms with Crippen LogP contribution in [0.5, 0.6) is 0 Å². The molecule has 0 unspecified atom stereocenters. The van der Waals surface area contributed by atoms with E-state index in [9.17, 15) is 5.11 Å². The zero-order chi connectivity index (χ0) is 17.4. The molecule has 1 saturated carbocycles. The summed E-state index contributed by atoms with van der Waals surface area (Å²) >= 11 is 12.4. The Morgan fingerprint density at radius 1 is 1.00 bits per heavy atom. The van der Waals surface area contributed by atoms with Crippen LogP contribution < -0.4 is 5.32 Å². The third kappa shape index (κ3) is 3.52. The highest BCUT2D eigenvalue weighted by molar-refractivity contribution is 6.33. The highest BCUT2D eigenvalue weighted by atomic mass is 35.5. The molecule has 1 aliphatic carbocycles. The predicted octanol–water partition coefficient (Wildman–Crippen LogP) is 3.97. The van der Waals surface area contributed by atoms with Gasteiger partial charge in [0.25, 0.3) is 0 Å². The molecular formula is C20H23Cl2N2O+. The van der Waals surface area contributed by atoms with Crippen LogP contribution in [-0.2, 0) is 6.54 Å². The third-order valence-corrected chi connectivity index (χ3v) is 5.79. The van der Waals surface area contributed by atoms with Gasteiger partial charge in [-0.05, 0) is 62.1 Å². The molecule has 0 spiro atoms. The molecule has 25 heavy (non-hydrogen) atoms. The summed E-state index contributed by atoms with van der Waals surface area (Å²) in [5, 5.41) is 16.5. The molecule has 0 saturated heterocycles. The van der Waals surface area contributed by atoms with Gasteiger partial charge < -0.3 is 15.0 Å². The molecule has 3 aromatic rings. The molecule has 0 amide bonds. The van der Waals surface area contributed by atoms with Crippen LogP contribution in [0.2, 0.25) is 10.0 Å². The van der Waals surface area contributed by atoms with Gasteiger partial charge in [-0.2, -0.15) is 0 Å². The number of halogens is 2. The maximum absolute atomic E-state index is 10.6. The first kappa shape index (κ1) is 17.2. The minimum absolute atomic E-state index is 0.384. The fourth-order valence-electron chi connectivity index (χ4n) is 4.07. The van der Waals surface area contributed by atoms with Gasteiger partial charge in [0.2, 0.25) is 0 Å². The second-order valence-electron chi connectivity index (χ2n) is 7.10. The van der Waals surface area contributed by atoms with Crippen molar-refractivity contribution in [3.63, 3.8) is 0 Å². The van der Waals surface area contributed by atoms with Crippen molar-refractivity contribution in [1.82, 2.24) is 4.57 Å². The minimum Gasteiger partial charge on any atom is -0.385 e. The number of nitrogens with zero attached hydrogens (tertiary/aromatic N) is 1. The van der Waals surface area contributed by atoms with E-state index in [1.54, 1.807) is 0 Å². The van der Waals surface area contributed by atoms with Crippen molar-refractivity contribution in [2.45, 2.75) is 44.4 Å². The molecule has 0 aliphatic heterocycles. The zero-order valence-corrected chi connectivity index (χ0v) is 15.6. The molecular weight excluding hydrogens is 355 g/mol. The fraction of sp³-hybridized carbons (Fsp3) is 0.400. The zero-order valence-electron chi connectivity index (χ0n) is 14.1. The van der Waals surface area contributed by atoms with Crippen molar-refractivity contribution >= 4 is 45.0 Å². The summed E-state index contributed by atoms with van der Waals surface area (Å²) in [7, 11) is 0. The van der Waals surface area contributed by atoms with Crippen LogP contribution in [0.15, 0.2) is 36.4 Å². The third-order valence-electron chi connectivity index (χ3n) is 5.32. The lowest BCUT2D eigenvalue weighted by molar-refractivity contribution is -0.693. The molecule has 5 heteroatoms. The number of aliphatic hydroxyl groups is 1. The van der Waals surface area contributed by atoms with E-state index >= 15 is 0 Å². The highest BCUT2D eigenvalue weighted by Crippen LogP contribution is 2.32. The fourth-order valence-corrected chi connectivity index (χ4v) is 4.42. The summed E-state index contributed by atoms with van der Waals surface area (Å²) in [6, 6.07) is 12.5. The van der Waals surface area contributed by atoms with Gasteiger partial charge in [0.1, 0.15) is 12.6 Å². The number of aliphatic hydroxyl groups excluding tert-OH is 1. The van der Waals surface area contributed by atoms with Crippen LogP contribution in [0.25, 0.3) is 21.8 Å². The summed E-state index contributed by atoms with van der Waals surface area (Å²) in [4.78, 5) is 0. The number of rotatable bonds is 5. The van der Waals surface area contributed by atoms with E-state index in [0.29, 0.717) is 22.6 Å². The maximum atomic E-state index is 10.6. The van der Waals surface area contributed by atoms with E-state index in [1.807, 2.05) is 36.4 Å². The lowest BCUT2D eigenvalue weighted by Gasteiger charge is -2.15. The average molecular weight is 378 g/mol. The number of aromatic nitrogens is 1. The second-order valence-corrected chi connectivity index (χ2v) is 7.98. The Hall–Kier alpha value is -1.26. The van der Waals surface area contributed by atoms with Crippen LogP contribution in [0.1, 0.15) is 25.7 Å². The van der Waals surface area contributed by atoms with Gasteiger partial charge in [-0.15, -0.1) is 0 Å². The number of nitrogens with two attached hydrogens (primary N) is 1. The lowest BCUT2D eigenvalue weighted by atomic mass is 10.1. The standard InChI is InChI=1S/C20H22Cl2N2O/c21-13-5-7-19-17(9-13)18-10-14(22)6-8-20(18)24(19)12-16(25)11-23-15-3-1-2-4-15/h5-10,15-16,23,25H,1-4,11-12H2/p+1/t16-/m1/s1.